The van der Waals surface area contributed by atoms with Gasteiger partial charge in [0.25, 0.3) is 0 Å². The Morgan fingerprint density at radius 2 is 2.35 bits per heavy atom. The van der Waals surface area contributed by atoms with Crippen molar-refractivity contribution in [3.8, 4) is 0 Å². The summed E-state index contributed by atoms with van der Waals surface area (Å²) in [5, 5.41) is 5.37. The first-order chi connectivity index (χ1) is 9.46. The van der Waals surface area contributed by atoms with Gasteiger partial charge in [0.2, 0.25) is 5.91 Å². The van der Waals surface area contributed by atoms with Crippen molar-refractivity contribution in [2.45, 2.75) is 37.9 Å². The van der Waals surface area contributed by atoms with Gasteiger partial charge in [-0.2, -0.15) is 13.2 Å². The van der Waals surface area contributed by atoms with E-state index in [4.69, 9.17) is 0 Å². The Morgan fingerprint density at radius 1 is 1.55 bits per heavy atom. The van der Waals surface area contributed by atoms with Crippen LogP contribution >= 0.6 is 11.3 Å². The molecule has 2 heterocycles. The van der Waals surface area contributed by atoms with E-state index in [1.165, 1.54) is 11.3 Å². The first-order valence-corrected chi connectivity index (χ1v) is 7.33. The van der Waals surface area contributed by atoms with Crippen LogP contribution in [0.3, 0.4) is 0 Å². The van der Waals surface area contributed by atoms with E-state index in [0.29, 0.717) is 6.54 Å². The summed E-state index contributed by atoms with van der Waals surface area (Å²) in [6.45, 7) is 1.24. The van der Waals surface area contributed by atoms with Gasteiger partial charge in [-0.25, -0.2) is 4.98 Å². The number of amides is 1. The van der Waals surface area contributed by atoms with Gasteiger partial charge in [0.05, 0.1) is 6.42 Å². The molecule has 1 saturated heterocycles. The highest BCUT2D eigenvalue weighted by Crippen LogP contribution is 2.27. The molecule has 0 bridgehead atoms. The number of carbonyl (C=O) groups excluding carboxylic acids is 1. The number of anilines is 1. The Bertz CT molecular complexity index is 436. The van der Waals surface area contributed by atoms with E-state index in [-0.39, 0.29) is 6.04 Å². The van der Waals surface area contributed by atoms with Crippen molar-refractivity contribution in [3.63, 3.8) is 0 Å². The molecule has 2 rings (SSSR count). The van der Waals surface area contributed by atoms with Crippen LogP contribution in [0.15, 0.2) is 11.6 Å². The summed E-state index contributed by atoms with van der Waals surface area (Å²) in [6.07, 6.45) is -2.22. The highest BCUT2D eigenvalue weighted by Gasteiger charge is 2.29. The lowest BCUT2D eigenvalue weighted by molar-refractivity contribution is -0.144. The number of halogens is 3. The van der Waals surface area contributed by atoms with Gasteiger partial charge in [-0.1, -0.05) is 0 Å². The molecule has 112 valence electrons. The summed E-state index contributed by atoms with van der Waals surface area (Å²) < 4.78 is 36.0. The van der Waals surface area contributed by atoms with Crippen LogP contribution < -0.4 is 10.2 Å². The van der Waals surface area contributed by atoms with Crippen LogP contribution in [0, 0.1) is 0 Å². The van der Waals surface area contributed by atoms with Crippen molar-refractivity contribution in [2.24, 2.45) is 0 Å². The van der Waals surface area contributed by atoms with Crippen LogP contribution in [-0.4, -0.2) is 36.2 Å². The predicted molar refractivity (Wildman–Crippen MR) is 70.8 cm³/mol. The summed E-state index contributed by atoms with van der Waals surface area (Å²) in [5.74, 6) is -0.548. The number of hydrogen-bond donors (Lipinski definition) is 1. The van der Waals surface area contributed by atoms with Gasteiger partial charge in [0, 0.05) is 37.1 Å². The largest absolute Gasteiger partial charge is 0.389 e. The summed E-state index contributed by atoms with van der Waals surface area (Å²) in [4.78, 5) is 17.7. The zero-order valence-electron chi connectivity index (χ0n) is 10.8. The second kappa shape index (κ2) is 6.43. The molecule has 1 aromatic rings. The maximum Gasteiger partial charge on any atom is 0.389 e. The number of nitrogens with one attached hydrogen (secondary N) is 1. The zero-order chi connectivity index (χ0) is 14.6. The van der Waals surface area contributed by atoms with Crippen LogP contribution in [0.25, 0.3) is 0 Å². The minimum Gasteiger partial charge on any atom is -0.354 e. The molecule has 1 aliphatic rings. The molecule has 1 atom stereocenters. The summed E-state index contributed by atoms with van der Waals surface area (Å²) in [6, 6.07) is 0.121. The van der Waals surface area contributed by atoms with E-state index in [2.05, 4.69) is 15.2 Å². The van der Waals surface area contributed by atoms with Crippen LogP contribution in [0.5, 0.6) is 0 Å². The van der Waals surface area contributed by atoms with Crippen molar-refractivity contribution in [1.82, 2.24) is 10.3 Å². The number of carbonyl (C=O) groups is 1. The average Bonchev–Trinajstić information content (AvgIpc) is 3.02. The summed E-state index contributed by atoms with van der Waals surface area (Å²) in [7, 11) is 0. The lowest BCUT2D eigenvalue weighted by Gasteiger charge is -2.24. The van der Waals surface area contributed by atoms with Crippen LogP contribution in [0.4, 0.5) is 18.3 Å². The molecule has 20 heavy (non-hydrogen) atoms. The maximum atomic E-state index is 12.0. The molecule has 1 amide bonds. The highest BCUT2D eigenvalue weighted by molar-refractivity contribution is 7.13. The predicted octanol–water partition coefficient (Wildman–Crippen LogP) is 2.57. The van der Waals surface area contributed by atoms with Gasteiger partial charge in [-0.15, -0.1) is 11.3 Å². The van der Waals surface area contributed by atoms with Gasteiger partial charge in [-0.05, 0) is 12.8 Å². The Kier molecular flexibility index (Phi) is 4.85. The molecular weight excluding hydrogens is 291 g/mol. The number of hydrogen-bond acceptors (Lipinski definition) is 4. The molecule has 1 unspecified atom stereocenters. The molecular formula is C12H16F3N3OS. The van der Waals surface area contributed by atoms with E-state index in [1.54, 1.807) is 6.20 Å². The molecule has 0 radical (unpaired) electrons. The molecule has 1 aromatic heterocycles. The van der Waals surface area contributed by atoms with Crippen LogP contribution in [0.1, 0.15) is 25.7 Å². The Morgan fingerprint density at radius 3 is 3.00 bits per heavy atom. The second-order valence-corrected chi connectivity index (χ2v) is 5.60. The number of alkyl halides is 3. The van der Waals surface area contributed by atoms with E-state index in [9.17, 15) is 18.0 Å². The molecule has 8 heteroatoms. The standard InChI is InChI=1S/C12H16F3N3OS/c13-12(14,15)4-3-10(19)17-8-9-2-1-6-18(9)11-16-5-7-20-11/h5,7,9H,1-4,6,8H2,(H,17,19). The molecule has 0 aromatic carbocycles. The lowest BCUT2D eigenvalue weighted by Crippen LogP contribution is -2.40. The van der Waals surface area contributed by atoms with Gasteiger partial charge >= 0.3 is 6.18 Å². The third-order valence-corrected chi connectivity index (χ3v) is 4.02. The Hall–Kier alpha value is -1.31. The minimum absolute atomic E-state index is 0.121. The fourth-order valence-electron chi connectivity index (χ4n) is 2.23. The fraction of sp³-hybridized carbons (Fsp3) is 0.667. The maximum absolute atomic E-state index is 12.0. The Balaban J connectivity index is 1.77. The molecule has 0 aliphatic carbocycles. The van der Waals surface area contributed by atoms with Crippen molar-refractivity contribution in [3.05, 3.63) is 11.6 Å². The normalized spacial score (nSPS) is 19.4. The fourth-order valence-corrected chi connectivity index (χ4v) is 2.97. The molecule has 0 spiro atoms. The van der Waals surface area contributed by atoms with E-state index in [0.717, 1.165) is 24.5 Å². The first-order valence-electron chi connectivity index (χ1n) is 6.45. The summed E-state index contributed by atoms with van der Waals surface area (Å²) >= 11 is 1.53. The minimum atomic E-state index is -4.28. The number of aromatic nitrogens is 1. The monoisotopic (exact) mass is 307 g/mol. The average molecular weight is 307 g/mol. The smallest absolute Gasteiger partial charge is 0.354 e. The van der Waals surface area contributed by atoms with Crippen molar-refractivity contribution < 1.29 is 18.0 Å². The molecule has 0 saturated carbocycles. The first kappa shape index (κ1) is 15.1. The zero-order valence-corrected chi connectivity index (χ0v) is 11.6. The van der Waals surface area contributed by atoms with Gasteiger partial charge < -0.3 is 10.2 Å². The van der Waals surface area contributed by atoms with Crippen molar-refractivity contribution in [1.29, 1.82) is 0 Å². The molecule has 1 N–H and O–H groups in total. The van der Waals surface area contributed by atoms with Crippen molar-refractivity contribution >= 4 is 22.4 Å². The quantitative estimate of drug-likeness (QED) is 0.909. The van der Waals surface area contributed by atoms with Gasteiger partial charge in [-0.3, -0.25) is 4.79 Å². The molecule has 1 aliphatic heterocycles. The second-order valence-electron chi connectivity index (χ2n) is 4.72. The van der Waals surface area contributed by atoms with Gasteiger partial charge in [0.1, 0.15) is 0 Å². The van der Waals surface area contributed by atoms with Crippen LogP contribution in [-0.2, 0) is 4.79 Å². The number of rotatable bonds is 5. The molecule has 1 fully saturated rings. The number of nitrogens with zero attached hydrogens (tertiary/aromatic N) is 2. The lowest BCUT2D eigenvalue weighted by atomic mass is 10.2. The van der Waals surface area contributed by atoms with Crippen molar-refractivity contribution in [2.75, 3.05) is 18.0 Å². The topological polar surface area (TPSA) is 45.2 Å². The van der Waals surface area contributed by atoms with Gasteiger partial charge in [0.15, 0.2) is 5.13 Å². The molecule has 4 nitrogen and oxygen atoms in total. The Labute approximate surface area is 119 Å². The van der Waals surface area contributed by atoms with Crippen LogP contribution in [0.2, 0.25) is 0 Å². The third kappa shape index (κ3) is 4.36. The highest BCUT2D eigenvalue weighted by atomic mass is 32.1. The number of thiazole rings is 1. The van der Waals surface area contributed by atoms with E-state index < -0.39 is 24.9 Å². The van der Waals surface area contributed by atoms with E-state index >= 15 is 0 Å². The summed E-state index contributed by atoms with van der Waals surface area (Å²) in [5.41, 5.74) is 0. The third-order valence-electron chi connectivity index (χ3n) is 3.21. The van der Waals surface area contributed by atoms with E-state index in [1.807, 2.05) is 5.38 Å². The SMILES string of the molecule is O=C(CCC(F)(F)F)NCC1CCCN1c1nccs1.